The second-order valence-corrected chi connectivity index (χ2v) is 6.81. The Morgan fingerprint density at radius 2 is 1.88 bits per heavy atom. The molecule has 1 aromatic rings. The smallest absolute Gasteiger partial charge is 0.250 e. The molecule has 1 aliphatic rings. The highest BCUT2D eigenvalue weighted by Gasteiger charge is 2.33. The first kappa shape index (κ1) is 21.8. The average Bonchev–Trinajstić information content (AvgIpc) is 2.96. The van der Waals surface area contributed by atoms with Crippen LogP contribution < -0.4 is 0 Å². The van der Waals surface area contributed by atoms with Crippen LogP contribution in [0.1, 0.15) is 64.6 Å². The number of aryl methyl sites for hydroxylation is 1. The van der Waals surface area contributed by atoms with Crippen molar-refractivity contribution in [1.82, 2.24) is 14.5 Å². The van der Waals surface area contributed by atoms with E-state index in [0.717, 1.165) is 11.4 Å². The van der Waals surface area contributed by atoms with E-state index in [4.69, 9.17) is 0 Å². The Bertz CT molecular complexity index is 545. The number of likely N-dealkylation sites (tertiary alicyclic amines) is 1. The fourth-order valence-electron chi connectivity index (χ4n) is 2.79. The number of nitrogens with zero attached hydrogens (tertiary/aromatic N) is 3. The predicted molar refractivity (Wildman–Crippen MR) is 98.7 cm³/mol. The molecule has 1 atom stereocenters. The van der Waals surface area contributed by atoms with Crippen molar-refractivity contribution < 1.29 is 13.9 Å². The number of rotatable bonds is 6. The minimum atomic E-state index is -2.51. The van der Waals surface area contributed by atoms with E-state index in [2.05, 4.69) is 11.6 Å². The summed E-state index contributed by atoms with van der Waals surface area (Å²) in [7, 11) is 0. The fraction of sp³-hybridized carbons (Fsp3) is 0.737. The molecule has 2 heterocycles. The van der Waals surface area contributed by atoms with Gasteiger partial charge in [0.15, 0.2) is 0 Å². The van der Waals surface area contributed by atoms with Crippen LogP contribution in [-0.4, -0.2) is 45.1 Å². The van der Waals surface area contributed by atoms with E-state index in [9.17, 15) is 13.9 Å². The molecule has 1 aromatic heterocycles. The molecule has 0 saturated carbocycles. The molecule has 1 N–H and O–H groups in total. The number of aliphatic hydroxyl groups excluding tert-OH is 1. The van der Waals surface area contributed by atoms with Crippen LogP contribution in [0, 0.1) is 12.8 Å². The number of halogens is 2. The number of aliphatic hydroxyl groups is 1. The maximum atomic E-state index is 13.2. The van der Waals surface area contributed by atoms with Crippen LogP contribution in [0.3, 0.4) is 0 Å². The van der Waals surface area contributed by atoms with E-state index < -0.39 is 12.0 Å². The number of piperidine rings is 1. The fourth-order valence-corrected chi connectivity index (χ4v) is 2.79. The molecule has 0 amide bonds. The molecule has 0 bridgehead atoms. The molecule has 4 nitrogen and oxygen atoms in total. The minimum absolute atomic E-state index is 0.0627. The van der Waals surface area contributed by atoms with Gasteiger partial charge < -0.3 is 14.6 Å². The second-order valence-electron chi connectivity index (χ2n) is 6.81. The summed E-state index contributed by atoms with van der Waals surface area (Å²) < 4.78 is 28.2. The van der Waals surface area contributed by atoms with E-state index in [0.29, 0.717) is 31.9 Å². The zero-order chi connectivity index (χ0) is 19.2. The van der Waals surface area contributed by atoms with E-state index in [1.807, 2.05) is 50.3 Å². The van der Waals surface area contributed by atoms with Crippen LogP contribution in [0.5, 0.6) is 0 Å². The van der Waals surface area contributed by atoms with Gasteiger partial charge in [-0.2, -0.15) is 0 Å². The Hall–Kier alpha value is -1.27. The summed E-state index contributed by atoms with van der Waals surface area (Å²) >= 11 is 0. The highest BCUT2D eigenvalue weighted by molar-refractivity contribution is 5.43. The largest absolute Gasteiger partial charge is 0.385 e. The molecule has 0 aliphatic carbocycles. The van der Waals surface area contributed by atoms with Gasteiger partial charge in [-0.05, 0) is 12.8 Å². The number of imidazole rings is 1. The monoisotopic (exact) mass is 357 g/mol. The lowest BCUT2D eigenvalue weighted by molar-refractivity contribution is -0.0546. The SMILES string of the molecule is C=C(CCN1CCC(F)(F)CC1)n1cc(C)nc1C(O)C(C)C.CC. The molecule has 144 valence electrons. The molecule has 0 aromatic carbocycles. The zero-order valence-corrected chi connectivity index (χ0v) is 16.2. The number of alkyl halides is 2. The molecule has 6 heteroatoms. The van der Waals surface area contributed by atoms with Gasteiger partial charge in [-0.15, -0.1) is 0 Å². The van der Waals surface area contributed by atoms with Crippen molar-refractivity contribution in [2.75, 3.05) is 19.6 Å². The summed E-state index contributed by atoms with van der Waals surface area (Å²) in [6.45, 7) is 15.4. The molecule has 0 spiro atoms. The minimum Gasteiger partial charge on any atom is -0.385 e. The third-order valence-corrected chi connectivity index (χ3v) is 4.39. The summed E-state index contributed by atoms with van der Waals surface area (Å²) in [6, 6.07) is 0. The number of hydrogen-bond donors (Lipinski definition) is 1. The first-order chi connectivity index (χ1) is 11.7. The second kappa shape index (κ2) is 9.43. The zero-order valence-electron chi connectivity index (χ0n) is 16.2. The quantitative estimate of drug-likeness (QED) is 0.815. The summed E-state index contributed by atoms with van der Waals surface area (Å²) in [5.41, 5.74) is 1.66. The van der Waals surface area contributed by atoms with E-state index in [-0.39, 0.29) is 18.8 Å². The Balaban J connectivity index is 0.00000151. The van der Waals surface area contributed by atoms with Crippen molar-refractivity contribution in [3.63, 3.8) is 0 Å². The Morgan fingerprint density at radius 3 is 2.40 bits per heavy atom. The van der Waals surface area contributed by atoms with Crippen LogP contribution in [0.15, 0.2) is 12.8 Å². The van der Waals surface area contributed by atoms with Gasteiger partial charge in [-0.3, -0.25) is 0 Å². The van der Waals surface area contributed by atoms with Crippen molar-refractivity contribution >= 4 is 5.70 Å². The molecule has 1 unspecified atom stereocenters. The van der Waals surface area contributed by atoms with Gasteiger partial charge in [0.2, 0.25) is 0 Å². The van der Waals surface area contributed by atoms with E-state index in [1.165, 1.54) is 0 Å². The summed E-state index contributed by atoms with van der Waals surface area (Å²) in [4.78, 5) is 6.45. The standard InChI is InChI=1S/C17H27F2N3O.C2H6/c1-12(2)15(23)16-20-13(3)11-22(16)14(4)5-8-21-9-6-17(18,19)7-10-21;1-2/h11-12,15,23H,4-10H2,1-3H3;1-2H3. The van der Waals surface area contributed by atoms with Crippen LogP contribution in [0.2, 0.25) is 0 Å². The van der Waals surface area contributed by atoms with Crippen molar-refractivity contribution in [1.29, 1.82) is 0 Å². The van der Waals surface area contributed by atoms with Crippen molar-refractivity contribution in [3.8, 4) is 0 Å². The van der Waals surface area contributed by atoms with Gasteiger partial charge >= 0.3 is 0 Å². The van der Waals surface area contributed by atoms with E-state index in [1.54, 1.807) is 0 Å². The lowest BCUT2D eigenvalue weighted by Crippen LogP contribution is -2.39. The first-order valence-electron chi connectivity index (χ1n) is 9.22. The average molecular weight is 357 g/mol. The molecule has 1 aliphatic heterocycles. The van der Waals surface area contributed by atoms with Gasteiger partial charge in [-0.1, -0.05) is 34.3 Å². The van der Waals surface area contributed by atoms with Crippen LogP contribution in [0.25, 0.3) is 5.70 Å². The lowest BCUT2D eigenvalue weighted by atomic mass is 10.1. The van der Waals surface area contributed by atoms with Gasteiger partial charge in [0, 0.05) is 50.8 Å². The van der Waals surface area contributed by atoms with Gasteiger partial charge in [-0.25, -0.2) is 13.8 Å². The number of aromatic nitrogens is 2. The van der Waals surface area contributed by atoms with Crippen molar-refractivity contribution in [3.05, 3.63) is 24.3 Å². The highest BCUT2D eigenvalue weighted by Crippen LogP contribution is 2.28. The topological polar surface area (TPSA) is 41.3 Å². The normalized spacial score (nSPS) is 18.6. The summed E-state index contributed by atoms with van der Waals surface area (Å²) in [6.07, 6.45) is 1.75. The molecular formula is C19H33F2N3O. The first-order valence-corrected chi connectivity index (χ1v) is 9.22. The van der Waals surface area contributed by atoms with E-state index >= 15 is 0 Å². The summed E-state index contributed by atoms with van der Waals surface area (Å²) in [5.74, 6) is -1.84. The van der Waals surface area contributed by atoms with Crippen molar-refractivity contribution in [2.24, 2.45) is 5.92 Å². The maximum Gasteiger partial charge on any atom is 0.250 e. The van der Waals surface area contributed by atoms with Crippen LogP contribution in [-0.2, 0) is 0 Å². The Kier molecular flexibility index (Phi) is 8.22. The number of hydrogen-bond acceptors (Lipinski definition) is 3. The highest BCUT2D eigenvalue weighted by atomic mass is 19.3. The third-order valence-electron chi connectivity index (χ3n) is 4.39. The lowest BCUT2D eigenvalue weighted by Gasteiger charge is -2.31. The van der Waals surface area contributed by atoms with Gasteiger partial charge in [0.25, 0.3) is 5.92 Å². The third kappa shape index (κ3) is 6.19. The molecule has 2 rings (SSSR count). The van der Waals surface area contributed by atoms with Crippen LogP contribution >= 0.6 is 0 Å². The summed E-state index contributed by atoms with van der Waals surface area (Å²) in [5, 5.41) is 10.3. The van der Waals surface area contributed by atoms with Crippen molar-refractivity contribution in [2.45, 2.75) is 65.9 Å². The Morgan fingerprint density at radius 1 is 1.32 bits per heavy atom. The predicted octanol–water partition coefficient (Wildman–Crippen LogP) is 4.50. The van der Waals surface area contributed by atoms with Gasteiger partial charge in [0.05, 0.1) is 5.69 Å². The Labute approximate surface area is 150 Å². The molecular weight excluding hydrogens is 324 g/mol. The van der Waals surface area contributed by atoms with Crippen LogP contribution in [0.4, 0.5) is 8.78 Å². The van der Waals surface area contributed by atoms with Gasteiger partial charge in [0.1, 0.15) is 11.9 Å². The molecule has 1 saturated heterocycles. The molecule has 25 heavy (non-hydrogen) atoms. The maximum absolute atomic E-state index is 13.2. The molecule has 1 fully saturated rings. The molecule has 0 radical (unpaired) electrons.